The minimum atomic E-state index is -3.69. The standard InChI is InChI=1S/C27H34N4O3S/c1-3-4-26(20-7-5-19-6-8-21(27(28)29)18-22(19)17-20)35(32,33)31(2)23-9-11-24(12-10-23)34-25-13-15-30-16-14-25/h5-12,17-18,25-26,30H,3-4,13-16H2,1-2H3,(H3,28,29). The molecule has 0 radical (unpaired) electrons. The Morgan fingerprint density at radius 1 is 1.09 bits per heavy atom. The number of nitrogens with two attached hydrogens (primary N) is 1. The van der Waals surface area contributed by atoms with E-state index >= 15 is 0 Å². The summed E-state index contributed by atoms with van der Waals surface area (Å²) in [6.07, 6.45) is 3.35. The van der Waals surface area contributed by atoms with Crippen LogP contribution in [0.15, 0.2) is 60.7 Å². The summed E-state index contributed by atoms with van der Waals surface area (Å²) in [7, 11) is -2.08. The predicted molar refractivity (Wildman–Crippen MR) is 143 cm³/mol. The molecule has 3 aromatic rings. The number of fused-ring (bicyclic) bond motifs is 1. The summed E-state index contributed by atoms with van der Waals surface area (Å²) < 4.78 is 35.0. The Labute approximate surface area is 207 Å². The first-order valence-electron chi connectivity index (χ1n) is 12.1. The summed E-state index contributed by atoms with van der Waals surface area (Å²) in [4.78, 5) is 0. The molecular weight excluding hydrogens is 460 g/mol. The third-order valence-corrected chi connectivity index (χ3v) is 8.83. The fraction of sp³-hybridized carbons (Fsp3) is 0.370. The highest BCUT2D eigenvalue weighted by atomic mass is 32.2. The molecule has 0 aliphatic carbocycles. The number of anilines is 1. The molecule has 1 heterocycles. The highest BCUT2D eigenvalue weighted by Gasteiger charge is 2.31. The lowest BCUT2D eigenvalue weighted by molar-refractivity contribution is 0.162. The minimum absolute atomic E-state index is 0.0117. The second-order valence-corrected chi connectivity index (χ2v) is 11.2. The summed E-state index contributed by atoms with van der Waals surface area (Å²) in [5.41, 5.74) is 7.61. The SMILES string of the molecule is CCCC(c1ccc2ccc(C(=N)N)cc2c1)S(=O)(=O)N(C)c1ccc(OC2CCNCC2)cc1. The number of nitrogens with one attached hydrogen (secondary N) is 2. The third kappa shape index (κ3) is 5.60. The van der Waals surface area contributed by atoms with Crippen molar-refractivity contribution in [3.8, 4) is 5.75 Å². The van der Waals surface area contributed by atoms with Crippen molar-refractivity contribution in [1.29, 1.82) is 5.41 Å². The van der Waals surface area contributed by atoms with E-state index in [-0.39, 0.29) is 11.9 Å². The summed E-state index contributed by atoms with van der Waals surface area (Å²) in [5.74, 6) is 0.745. The van der Waals surface area contributed by atoms with Crippen molar-refractivity contribution in [2.45, 2.75) is 44.0 Å². The number of amidine groups is 1. The molecule has 7 nitrogen and oxygen atoms in total. The summed E-state index contributed by atoms with van der Waals surface area (Å²) >= 11 is 0. The van der Waals surface area contributed by atoms with Crippen LogP contribution in [0.1, 0.15) is 49.0 Å². The number of sulfonamides is 1. The van der Waals surface area contributed by atoms with E-state index in [4.69, 9.17) is 15.9 Å². The fourth-order valence-electron chi connectivity index (χ4n) is 4.56. The van der Waals surface area contributed by atoms with Crippen LogP contribution in [-0.4, -0.2) is 40.5 Å². The van der Waals surface area contributed by atoms with Crippen molar-refractivity contribution in [2.75, 3.05) is 24.4 Å². The molecule has 1 aliphatic rings. The van der Waals surface area contributed by atoms with Crippen LogP contribution >= 0.6 is 0 Å². The normalized spacial score (nSPS) is 15.6. The highest BCUT2D eigenvalue weighted by Crippen LogP contribution is 2.34. The lowest BCUT2D eigenvalue weighted by atomic mass is 10.0. The van der Waals surface area contributed by atoms with Crippen LogP contribution in [0.2, 0.25) is 0 Å². The molecule has 3 aromatic carbocycles. The van der Waals surface area contributed by atoms with Crippen LogP contribution < -0.4 is 20.1 Å². The maximum Gasteiger partial charge on any atom is 0.241 e. The van der Waals surface area contributed by atoms with Crippen LogP contribution in [-0.2, 0) is 10.0 Å². The largest absolute Gasteiger partial charge is 0.490 e. The number of nitrogen functional groups attached to an aromatic ring is 1. The number of nitrogens with zero attached hydrogens (tertiary/aromatic N) is 1. The van der Waals surface area contributed by atoms with Crippen molar-refractivity contribution in [1.82, 2.24) is 5.32 Å². The Morgan fingerprint density at radius 3 is 2.43 bits per heavy atom. The molecule has 0 amide bonds. The van der Waals surface area contributed by atoms with E-state index in [1.165, 1.54) is 4.31 Å². The number of rotatable bonds is 9. The summed E-state index contributed by atoms with van der Waals surface area (Å²) in [6.45, 7) is 3.89. The van der Waals surface area contributed by atoms with Gasteiger partial charge in [0.15, 0.2) is 0 Å². The van der Waals surface area contributed by atoms with Gasteiger partial charge in [0.25, 0.3) is 0 Å². The van der Waals surface area contributed by atoms with E-state index in [2.05, 4.69) is 5.32 Å². The van der Waals surface area contributed by atoms with Crippen molar-refractivity contribution >= 4 is 32.3 Å². The molecule has 1 saturated heterocycles. The lowest BCUT2D eigenvalue weighted by Gasteiger charge is -2.27. The van der Waals surface area contributed by atoms with Gasteiger partial charge < -0.3 is 15.8 Å². The van der Waals surface area contributed by atoms with E-state index in [0.29, 0.717) is 17.7 Å². The Morgan fingerprint density at radius 2 is 1.77 bits per heavy atom. The number of hydrogen-bond donors (Lipinski definition) is 3. The first-order valence-corrected chi connectivity index (χ1v) is 13.6. The van der Waals surface area contributed by atoms with E-state index in [1.54, 1.807) is 25.2 Å². The maximum atomic E-state index is 13.8. The number of ether oxygens (including phenoxy) is 1. The molecule has 0 spiro atoms. The molecule has 0 aromatic heterocycles. The highest BCUT2D eigenvalue weighted by molar-refractivity contribution is 7.93. The van der Waals surface area contributed by atoms with Crippen LogP contribution in [0.4, 0.5) is 5.69 Å². The van der Waals surface area contributed by atoms with Crippen LogP contribution in [0.5, 0.6) is 5.75 Å². The van der Waals surface area contributed by atoms with Crippen molar-refractivity contribution in [3.05, 3.63) is 71.8 Å². The average Bonchev–Trinajstić information content (AvgIpc) is 2.87. The fourth-order valence-corrected chi connectivity index (χ4v) is 6.38. The zero-order chi connectivity index (χ0) is 25.0. The lowest BCUT2D eigenvalue weighted by Crippen LogP contribution is -2.34. The van der Waals surface area contributed by atoms with E-state index in [1.807, 2.05) is 49.4 Å². The van der Waals surface area contributed by atoms with Gasteiger partial charge in [0.1, 0.15) is 22.9 Å². The van der Waals surface area contributed by atoms with Gasteiger partial charge in [0.05, 0.1) is 5.69 Å². The molecule has 1 unspecified atom stereocenters. The van der Waals surface area contributed by atoms with Gasteiger partial charge in [-0.3, -0.25) is 9.71 Å². The first-order chi connectivity index (χ1) is 16.8. The molecule has 8 heteroatoms. The van der Waals surface area contributed by atoms with Gasteiger partial charge in [0, 0.05) is 12.6 Å². The molecule has 4 rings (SSSR count). The molecule has 186 valence electrons. The topological polar surface area (TPSA) is 109 Å². The quantitative estimate of drug-likeness (QED) is 0.298. The van der Waals surface area contributed by atoms with Gasteiger partial charge in [0.2, 0.25) is 10.0 Å². The molecule has 1 aliphatic heterocycles. The Hall–Kier alpha value is -3.10. The van der Waals surface area contributed by atoms with Crippen molar-refractivity contribution in [2.24, 2.45) is 5.73 Å². The average molecular weight is 495 g/mol. The van der Waals surface area contributed by atoms with E-state index in [9.17, 15) is 8.42 Å². The molecule has 1 atom stereocenters. The second-order valence-electron chi connectivity index (χ2n) is 9.09. The number of hydrogen-bond acceptors (Lipinski definition) is 5. The molecule has 1 fully saturated rings. The van der Waals surface area contributed by atoms with Crippen LogP contribution in [0, 0.1) is 5.41 Å². The summed E-state index contributed by atoms with van der Waals surface area (Å²) in [6, 6.07) is 18.6. The van der Waals surface area contributed by atoms with Gasteiger partial charge >= 0.3 is 0 Å². The molecule has 0 bridgehead atoms. The third-order valence-electron chi connectivity index (χ3n) is 6.63. The Kier molecular flexibility index (Phi) is 7.62. The van der Waals surface area contributed by atoms with Gasteiger partial charge in [-0.15, -0.1) is 0 Å². The minimum Gasteiger partial charge on any atom is -0.490 e. The Bertz CT molecular complexity index is 1290. The van der Waals surface area contributed by atoms with Crippen LogP contribution in [0.25, 0.3) is 10.8 Å². The number of benzene rings is 3. The summed E-state index contributed by atoms with van der Waals surface area (Å²) in [5, 5.41) is 12.2. The van der Waals surface area contributed by atoms with Gasteiger partial charge in [-0.1, -0.05) is 37.6 Å². The molecular formula is C27H34N4O3S. The van der Waals surface area contributed by atoms with Crippen molar-refractivity contribution in [3.63, 3.8) is 0 Å². The zero-order valence-corrected chi connectivity index (χ0v) is 21.1. The molecule has 0 saturated carbocycles. The van der Waals surface area contributed by atoms with Gasteiger partial charge in [-0.05, 0) is 85.1 Å². The predicted octanol–water partition coefficient (Wildman–Crippen LogP) is 4.56. The Balaban J connectivity index is 1.59. The first kappa shape index (κ1) is 25.0. The van der Waals surface area contributed by atoms with Gasteiger partial charge in [-0.2, -0.15) is 0 Å². The van der Waals surface area contributed by atoms with Crippen LogP contribution in [0.3, 0.4) is 0 Å². The maximum absolute atomic E-state index is 13.8. The van der Waals surface area contributed by atoms with Crippen molar-refractivity contribution < 1.29 is 13.2 Å². The second kappa shape index (κ2) is 10.7. The monoisotopic (exact) mass is 494 g/mol. The molecule has 35 heavy (non-hydrogen) atoms. The van der Waals surface area contributed by atoms with E-state index < -0.39 is 15.3 Å². The molecule has 4 N–H and O–H groups in total. The van der Waals surface area contributed by atoms with E-state index in [0.717, 1.165) is 54.4 Å². The van der Waals surface area contributed by atoms with Gasteiger partial charge in [-0.25, -0.2) is 8.42 Å². The smallest absolute Gasteiger partial charge is 0.241 e. The zero-order valence-electron chi connectivity index (χ0n) is 20.3. The number of piperidine rings is 1.